The van der Waals surface area contributed by atoms with Gasteiger partial charge in [-0.05, 0) is 71.8 Å². The average Bonchev–Trinajstić information content (AvgIpc) is 3.54. The Balaban J connectivity index is 1.27. The van der Waals surface area contributed by atoms with E-state index < -0.39 is 19.0 Å². The van der Waals surface area contributed by atoms with Crippen LogP contribution in [-0.2, 0) is 14.3 Å². The predicted molar refractivity (Wildman–Crippen MR) is 173 cm³/mol. The SMILES string of the molecule is CCC/C(=C\c1ccc(O)c2ccccc12)CC[C@H]1OC[C@H]2C1=C(C(C)C)C[C@H]1C(=O)N(c3cccc(B(O)O)c3)C(=O)[C@H]12. The standard InChI is InChI=1S/C36H40BNO6/c1-4-8-22(17-23-14-15-31(39)27-12-6-5-11-26(23)27)13-16-32-33-28(21(2)3)19-29-34(30(33)20-44-32)36(41)38(35(29)40)25-10-7-9-24(18-25)37(42)43/h5-7,9-12,14-15,17-18,21,29-30,32,34,39,42-43H,4,8,13,16,19-20H2,1-3H3/b22-17+/t29-,30+,32-,34-/m1/s1. The molecule has 8 heteroatoms. The summed E-state index contributed by atoms with van der Waals surface area (Å²) >= 11 is 0. The molecule has 0 bridgehead atoms. The molecule has 2 heterocycles. The molecule has 0 unspecified atom stereocenters. The molecule has 2 fully saturated rings. The largest absolute Gasteiger partial charge is 0.507 e. The number of hydrogen-bond donors (Lipinski definition) is 3. The summed E-state index contributed by atoms with van der Waals surface area (Å²) in [4.78, 5) is 28.9. The summed E-state index contributed by atoms with van der Waals surface area (Å²) in [5.74, 6) is -1.04. The van der Waals surface area contributed by atoms with Crippen molar-refractivity contribution in [2.75, 3.05) is 11.5 Å². The fourth-order valence-electron chi connectivity index (χ4n) is 7.60. The molecule has 3 aliphatic rings. The number of benzene rings is 3. The average molecular weight is 594 g/mol. The highest BCUT2D eigenvalue weighted by atomic mass is 16.5. The molecule has 3 N–H and O–H groups in total. The van der Waals surface area contributed by atoms with Crippen LogP contribution in [0.2, 0.25) is 0 Å². The van der Waals surface area contributed by atoms with Crippen LogP contribution in [0.1, 0.15) is 58.4 Å². The summed E-state index contributed by atoms with van der Waals surface area (Å²) < 4.78 is 6.46. The van der Waals surface area contributed by atoms with E-state index in [2.05, 4.69) is 26.8 Å². The normalized spacial score (nSPS) is 23.6. The third-order valence-corrected chi connectivity index (χ3v) is 9.66. The molecule has 2 saturated heterocycles. The number of imide groups is 1. The summed E-state index contributed by atoms with van der Waals surface area (Å²) in [6.45, 7) is 6.89. The zero-order chi connectivity index (χ0) is 31.1. The van der Waals surface area contributed by atoms with E-state index >= 15 is 0 Å². The predicted octanol–water partition coefficient (Wildman–Crippen LogP) is 5.37. The fourth-order valence-corrected chi connectivity index (χ4v) is 7.60. The molecular formula is C36H40BNO6. The van der Waals surface area contributed by atoms with E-state index in [1.807, 2.05) is 30.3 Å². The van der Waals surface area contributed by atoms with Crippen molar-refractivity contribution >= 4 is 46.9 Å². The molecule has 2 amide bonds. The van der Waals surface area contributed by atoms with Crippen LogP contribution < -0.4 is 10.4 Å². The minimum atomic E-state index is -1.69. The smallest absolute Gasteiger partial charge is 0.488 e. The van der Waals surface area contributed by atoms with Crippen molar-refractivity contribution in [3.05, 3.63) is 82.9 Å². The number of nitrogens with zero attached hydrogens (tertiary/aromatic N) is 1. The van der Waals surface area contributed by atoms with Crippen LogP contribution >= 0.6 is 0 Å². The monoisotopic (exact) mass is 593 g/mol. The van der Waals surface area contributed by atoms with Crippen LogP contribution in [0, 0.1) is 23.7 Å². The highest BCUT2D eigenvalue weighted by Crippen LogP contribution is 2.52. The minimum Gasteiger partial charge on any atom is -0.507 e. The van der Waals surface area contributed by atoms with Crippen molar-refractivity contribution < 1.29 is 29.5 Å². The number of hydrogen-bond acceptors (Lipinski definition) is 6. The second kappa shape index (κ2) is 12.3. The molecular weight excluding hydrogens is 553 g/mol. The van der Waals surface area contributed by atoms with Crippen molar-refractivity contribution in [2.45, 2.75) is 59.0 Å². The van der Waals surface area contributed by atoms with Gasteiger partial charge in [-0.1, -0.05) is 86.9 Å². The minimum absolute atomic E-state index is 0.111. The van der Waals surface area contributed by atoms with E-state index in [0.717, 1.165) is 42.0 Å². The molecule has 44 heavy (non-hydrogen) atoms. The zero-order valence-corrected chi connectivity index (χ0v) is 25.6. The van der Waals surface area contributed by atoms with E-state index in [0.29, 0.717) is 18.7 Å². The number of amides is 2. The number of phenols is 1. The lowest BCUT2D eigenvalue weighted by Gasteiger charge is -2.33. The van der Waals surface area contributed by atoms with Crippen LogP contribution in [-0.4, -0.2) is 46.8 Å². The second-order valence-electron chi connectivity index (χ2n) is 12.7. The molecule has 6 rings (SSSR count). The van der Waals surface area contributed by atoms with Crippen LogP contribution in [0.15, 0.2) is 77.4 Å². The molecule has 1 aliphatic carbocycles. The molecule has 7 nitrogen and oxygen atoms in total. The van der Waals surface area contributed by atoms with Crippen LogP contribution in [0.4, 0.5) is 5.69 Å². The van der Waals surface area contributed by atoms with Gasteiger partial charge < -0.3 is 19.9 Å². The maximum atomic E-state index is 13.9. The highest BCUT2D eigenvalue weighted by Gasteiger charge is 2.57. The number of fused-ring (bicyclic) bond motifs is 4. The first kappa shape index (κ1) is 30.3. The van der Waals surface area contributed by atoms with Crippen LogP contribution in [0.5, 0.6) is 5.75 Å². The first-order chi connectivity index (χ1) is 21.2. The molecule has 0 saturated carbocycles. The molecule has 3 aromatic carbocycles. The number of anilines is 1. The molecule has 0 spiro atoms. The van der Waals surface area contributed by atoms with E-state index in [4.69, 9.17) is 4.74 Å². The third kappa shape index (κ3) is 5.40. The van der Waals surface area contributed by atoms with Gasteiger partial charge in [-0.25, -0.2) is 0 Å². The van der Waals surface area contributed by atoms with Crippen molar-refractivity contribution in [1.82, 2.24) is 0 Å². The number of aromatic hydroxyl groups is 1. The first-order valence-corrected chi connectivity index (χ1v) is 15.8. The van der Waals surface area contributed by atoms with Gasteiger partial charge in [0.05, 0.1) is 30.2 Å². The number of rotatable bonds is 9. The maximum absolute atomic E-state index is 13.9. The van der Waals surface area contributed by atoms with Gasteiger partial charge in [0.2, 0.25) is 11.8 Å². The molecule has 228 valence electrons. The van der Waals surface area contributed by atoms with Gasteiger partial charge in [0.15, 0.2) is 0 Å². The Bertz CT molecular complexity index is 1660. The summed E-state index contributed by atoms with van der Waals surface area (Å²) in [5.41, 5.74) is 5.45. The van der Waals surface area contributed by atoms with Crippen molar-refractivity contribution in [2.24, 2.45) is 23.7 Å². The molecule has 4 atom stereocenters. The van der Waals surface area contributed by atoms with E-state index in [9.17, 15) is 24.7 Å². The Hall–Kier alpha value is -3.72. The summed E-state index contributed by atoms with van der Waals surface area (Å²) in [5, 5.41) is 31.6. The van der Waals surface area contributed by atoms with Gasteiger partial charge in [0.1, 0.15) is 5.75 Å². The van der Waals surface area contributed by atoms with E-state index in [-0.39, 0.29) is 41.0 Å². The Labute approximate surface area is 259 Å². The first-order valence-electron chi connectivity index (χ1n) is 15.8. The van der Waals surface area contributed by atoms with Gasteiger partial charge >= 0.3 is 7.12 Å². The lowest BCUT2D eigenvalue weighted by Crippen LogP contribution is -2.36. The molecule has 0 aromatic heterocycles. The summed E-state index contributed by atoms with van der Waals surface area (Å²) in [6.07, 6.45) is 6.29. The number of allylic oxidation sites excluding steroid dienone is 2. The fraction of sp³-hybridized carbons (Fsp3) is 0.389. The highest BCUT2D eigenvalue weighted by molar-refractivity contribution is 6.58. The number of ether oxygens (including phenoxy) is 1. The van der Waals surface area contributed by atoms with Crippen LogP contribution in [0.25, 0.3) is 16.8 Å². The third-order valence-electron chi connectivity index (χ3n) is 9.66. The maximum Gasteiger partial charge on any atom is 0.488 e. The van der Waals surface area contributed by atoms with Gasteiger partial charge in [0, 0.05) is 11.3 Å². The molecule has 2 aliphatic heterocycles. The van der Waals surface area contributed by atoms with Crippen LogP contribution in [0.3, 0.4) is 0 Å². The van der Waals surface area contributed by atoms with Crippen molar-refractivity contribution in [3.8, 4) is 5.75 Å². The van der Waals surface area contributed by atoms with Gasteiger partial charge in [-0.3, -0.25) is 14.5 Å². The Morgan fingerprint density at radius 1 is 1.00 bits per heavy atom. The topological polar surface area (TPSA) is 107 Å². The Kier molecular flexibility index (Phi) is 8.51. The second-order valence-corrected chi connectivity index (χ2v) is 12.7. The lowest BCUT2D eigenvalue weighted by molar-refractivity contribution is -0.122. The number of carbonyl (C=O) groups excluding carboxylic acids is 2. The van der Waals surface area contributed by atoms with Gasteiger partial charge in [-0.2, -0.15) is 0 Å². The van der Waals surface area contributed by atoms with Gasteiger partial charge in [-0.15, -0.1) is 0 Å². The Morgan fingerprint density at radius 3 is 2.50 bits per heavy atom. The zero-order valence-electron chi connectivity index (χ0n) is 25.6. The summed E-state index contributed by atoms with van der Waals surface area (Å²) in [6, 6.07) is 18.0. The van der Waals surface area contributed by atoms with Crippen molar-refractivity contribution in [3.63, 3.8) is 0 Å². The molecule has 3 aromatic rings. The molecule has 0 radical (unpaired) electrons. The lowest BCUT2D eigenvalue weighted by atomic mass is 9.67. The van der Waals surface area contributed by atoms with E-state index in [1.54, 1.807) is 24.3 Å². The van der Waals surface area contributed by atoms with Crippen molar-refractivity contribution in [1.29, 1.82) is 0 Å². The quantitative estimate of drug-likeness (QED) is 0.175. The number of phenolic OH excluding ortho intramolecular Hbond substituents is 1. The Morgan fingerprint density at radius 2 is 1.77 bits per heavy atom. The van der Waals surface area contributed by atoms with Gasteiger partial charge in [0.25, 0.3) is 0 Å². The summed E-state index contributed by atoms with van der Waals surface area (Å²) in [7, 11) is -1.69. The van der Waals surface area contributed by atoms with E-state index in [1.165, 1.54) is 27.7 Å². The number of carbonyl (C=O) groups is 2.